The van der Waals surface area contributed by atoms with Crippen LogP contribution in [0, 0.1) is 0 Å². The Morgan fingerprint density at radius 2 is 1.67 bits per heavy atom. The van der Waals surface area contributed by atoms with Crippen molar-refractivity contribution in [3.05, 3.63) is 24.3 Å². The van der Waals surface area contributed by atoms with Gasteiger partial charge in [0.25, 0.3) is 6.43 Å². The first-order valence-electron chi connectivity index (χ1n) is 4.92. The van der Waals surface area contributed by atoms with Gasteiger partial charge >= 0.3 is 5.76 Å². The molecule has 0 aliphatic rings. The van der Waals surface area contributed by atoms with Gasteiger partial charge in [-0.1, -0.05) is 12.1 Å². The first-order chi connectivity index (χ1) is 8.26. The van der Waals surface area contributed by atoms with Crippen molar-refractivity contribution in [3.8, 4) is 0 Å². The highest BCUT2D eigenvalue weighted by Gasteiger charge is 2.29. The molecule has 0 bridgehead atoms. The number of anilines is 1. The second-order valence-corrected chi connectivity index (χ2v) is 5.46. The van der Waals surface area contributed by atoms with Gasteiger partial charge in [-0.2, -0.15) is 8.78 Å². The van der Waals surface area contributed by atoms with Gasteiger partial charge in [0.15, 0.2) is 0 Å². The Kier molecular flexibility index (Phi) is 4.55. The van der Waals surface area contributed by atoms with Crippen molar-refractivity contribution < 1.29 is 26.0 Å². The number of rotatable bonds is 5. The van der Waals surface area contributed by atoms with E-state index in [1.165, 1.54) is 12.1 Å². The van der Waals surface area contributed by atoms with Crippen LogP contribution in [-0.2, 0) is 9.84 Å². The van der Waals surface area contributed by atoms with Gasteiger partial charge in [0.1, 0.15) is 0 Å². The maximum Gasteiger partial charge on any atom is 0.341 e. The molecule has 18 heavy (non-hydrogen) atoms. The average Bonchev–Trinajstić information content (AvgIpc) is 2.29. The third-order valence-electron chi connectivity index (χ3n) is 2.19. The zero-order valence-corrected chi connectivity index (χ0v) is 10.1. The highest BCUT2D eigenvalue weighted by molar-refractivity contribution is 7.91. The highest BCUT2D eigenvalue weighted by Crippen LogP contribution is 2.27. The van der Waals surface area contributed by atoms with Crippen LogP contribution in [0.5, 0.6) is 0 Å². The van der Waals surface area contributed by atoms with E-state index in [0.29, 0.717) is 0 Å². The van der Waals surface area contributed by atoms with Crippen LogP contribution in [0.3, 0.4) is 0 Å². The lowest BCUT2D eigenvalue weighted by atomic mass is 10.2. The Morgan fingerprint density at radius 1 is 1.11 bits per heavy atom. The summed E-state index contributed by atoms with van der Waals surface area (Å²) in [7, 11) is -4.82. The van der Waals surface area contributed by atoms with Crippen molar-refractivity contribution in [2.75, 3.05) is 5.32 Å². The van der Waals surface area contributed by atoms with Crippen LogP contribution >= 0.6 is 0 Å². The third kappa shape index (κ3) is 3.12. The number of para-hydroxylation sites is 1. The predicted molar refractivity (Wildman–Crippen MR) is 58.7 cm³/mol. The van der Waals surface area contributed by atoms with E-state index in [0.717, 1.165) is 19.1 Å². The third-order valence-corrected chi connectivity index (χ3v) is 3.63. The summed E-state index contributed by atoms with van der Waals surface area (Å²) < 4.78 is 72.2. The fourth-order valence-corrected chi connectivity index (χ4v) is 2.13. The van der Waals surface area contributed by atoms with Crippen LogP contribution in [-0.4, -0.2) is 26.6 Å². The van der Waals surface area contributed by atoms with Crippen molar-refractivity contribution in [3.63, 3.8) is 0 Å². The SMILES string of the molecule is CC(Nc1ccccc1S(=O)(=O)C(F)F)C(F)F. The molecule has 1 aromatic rings. The monoisotopic (exact) mass is 285 g/mol. The zero-order valence-electron chi connectivity index (χ0n) is 9.28. The van der Waals surface area contributed by atoms with Gasteiger partial charge in [-0.3, -0.25) is 0 Å². The molecule has 1 unspecified atom stereocenters. The zero-order chi connectivity index (χ0) is 13.9. The Morgan fingerprint density at radius 3 is 2.17 bits per heavy atom. The lowest BCUT2D eigenvalue weighted by molar-refractivity contribution is 0.130. The molecule has 1 N–H and O–H groups in total. The number of nitrogens with one attached hydrogen (secondary N) is 1. The average molecular weight is 285 g/mol. The first-order valence-corrected chi connectivity index (χ1v) is 6.47. The second kappa shape index (κ2) is 5.55. The minimum atomic E-state index is -4.82. The fourth-order valence-electron chi connectivity index (χ4n) is 1.24. The van der Waals surface area contributed by atoms with Crippen LogP contribution in [0.2, 0.25) is 0 Å². The summed E-state index contributed by atoms with van der Waals surface area (Å²) in [5.41, 5.74) is -0.259. The predicted octanol–water partition coefficient (Wildman–Crippen LogP) is 2.75. The summed E-state index contributed by atoms with van der Waals surface area (Å²) in [5, 5.41) is 2.21. The molecule has 0 spiro atoms. The van der Waals surface area contributed by atoms with Crippen molar-refractivity contribution in [2.24, 2.45) is 0 Å². The van der Waals surface area contributed by atoms with Crippen molar-refractivity contribution in [2.45, 2.75) is 30.0 Å². The van der Waals surface area contributed by atoms with E-state index < -0.39 is 33.0 Å². The van der Waals surface area contributed by atoms with Gasteiger partial charge in [0.2, 0.25) is 9.84 Å². The topological polar surface area (TPSA) is 46.2 Å². The molecule has 0 saturated carbocycles. The highest BCUT2D eigenvalue weighted by atomic mass is 32.2. The summed E-state index contributed by atoms with van der Waals surface area (Å²) in [4.78, 5) is -0.688. The fraction of sp³-hybridized carbons (Fsp3) is 0.400. The van der Waals surface area contributed by atoms with Crippen LogP contribution in [0.1, 0.15) is 6.92 Å². The van der Waals surface area contributed by atoms with Crippen LogP contribution in [0.25, 0.3) is 0 Å². The van der Waals surface area contributed by atoms with Crippen molar-refractivity contribution in [1.29, 1.82) is 0 Å². The molecule has 0 saturated heterocycles. The summed E-state index contributed by atoms with van der Waals surface area (Å²) >= 11 is 0. The van der Waals surface area contributed by atoms with E-state index in [2.05, 4.69) is 5.32 Å². The minimum Gasteiger partial charge on any atom is -0.376 e. The molecule has 0 aliphatic heterocycles. The summed E-state index contributed by atoms with van der Waals surface area (Å²) in [6.45, 7) is 1.12. The van der Waals surface area contributed by atoms with Gasteiger partial charge in [0.05, 0.1) is 16.6 Å². The second-order valence-electron chi connectivity index (χ2n) is 3.57. The lowest BCUT2D eigenvalue weighted by Gasteiger charge is -2.17. The van der Waals surface area contributed by atoms with Gasteiger partial charge < -0.3 is 5.32 Å². The molecule has 3 nitrogen and oxygen atoms in total. The van der Waals surface area contributed by atoms with E-state index in [1.54, 1.807) is 0 Å². The molecular weight excluding hydrogens is 274 g/mol. The maximum absolute atomic E-state index is 12.4. The van der Waals surface area contributed by atoms with E-state index in [4.69, 9.17) is 0 Å². The Labute approximate surface area is 102 Å². The number of alkyl halides is 4. The summed E-state index contributed by atoms with van der Waals surface area (Å²) in [6, 6.07) is 3.37. The molecule has 1 atom stereocenters. The molecule has 0 aliphatic carbocycles. The number of hydrogen-bond acceptors (Lipinski definition) is 3. The molecule has 0 amide bonds. The molecule has 0 radical (unpaired) electrons. The van der Waals surface area contributed by atoms with E-state index in [1.807, 2.05) is 0 Å². The first kappa shape index (κ1) is 14.7. The standard InChI is InChI=1S/C10H11F4NO2S/c1-6(9(11)12)15-7-4-2-3-5-8(7)18(16,17)10(13)14/h2-6,9-10,15H,1H3. The van der Waals surface area contributed by atoms with Crippen LogP contribution in [0.4, 0.5) is 23.2 Å². The normalized spacial score (nSPS) is 13.9. The Balaban J connectivity index is 3.16. The summed E-state index contributed by atoms with van der Waals surface area (Å²) in [6.07, 6.45) is -2.74. The summed E-state index contributed by atoms with van der Waals surface area (Å²) in [5.74, 6) is -3.60. The smallest absolute Gasteiger partial charge is 0.341 e. The van der Waals surface area contributed by atoms with E-state index in [-0.39, 0.29) is 5.69 Å². The molecule has 8 heteroatoms. The van der Waals surface area contributed by atoms with Crippen molar-refractivity contribution >= 4 is 15.5 Å². The molecule has 1 aromatic carbocycles. The lowest BCUT2D eigenvalue weighted by Crippen LogP contribution is -2.25. The largest absolute Gasteiger partial charge is 0.376 e. The Bertz CT molecular complexity index is 504. The Hall–Kier alpha value is -1.31. The quantitative estimate of drug-likeness (QED) is 0.846. The molecule has 1 rings (SSSR count). The minimum absolute atomic E-state index is 0.259. The van der Waals surface area contributed by atoms with E-state index >= 15 is 0 Å². The number of benzene rings is 1. The number of sulfone groups is 1. The van der Waals surface area contributed by atoms with Gasteiger partial charge in [0, 0.05) is 0 Å². The van der Waals surface area contributed by atoms with Gasteiger partial charge in [-0.05, 0) is 19.1 Å². The molecule has 102 valence electrons. The van der Waals surface area contributed by atoms with E-state index in [9.17, 15) is 26.0 Å². The number of hydrogen-bond donors (Lipinski definition) is 1. The molecular formula is C10H11F4NO2S. The van der Waals surface area contributed by atoms with Gasteiger partial charge in [-0.15, -0.1) is 0 Å². The molecule has 0 fully saturated rings. The molecule has 0 heterocycles. The van der Waals surface area contributed by atoms with Crippen molar-refractivity contribution in [1.82, 2.24) is 0 Å². The van der Waals surface area contributed by atoms with Gasteiger partial charge in [-0.25, -0.2) is 17.2 Å². The molecule has 0 aromatic heterocycles. The van der Waals surface area contributed by atoms with Crippen LogP contribution in [0.15, 0.2) is 29.2 Å². The van der Waals surface area contributed by atoms with Crippen LogP contribution < -0.4 is 5.32 Å². The number of halogens is 4. The maximum atomic E-state index is 12.4.